The zero-order valence-electron chi connectivity index (χ0n) is 17.4. The molecule has 3 rings (SSSR count). The first-order chi connectivity index (χ1) is 15.2. The van der Waals surface area contributed by atoms with E-state index in [-0.39, 0.29) is 17.6 Å². The number of nitrogens with one attached hydrogen (secondary N) is 2. The third-order valence-electron chi connectivity index (χ3n) is 4.58. The lowest BCUT2D eigenvalue weighted by Crippen LogP contribution is -2.28. The summed E-state index contributed by atoms with van der Waals surface area (Å²) in [5.74, 6) is 0.307. The number of aromatic nitrogens is 3. The monoisotopic (exact) mass is 603 g/mol. The predicted molar refractivity (Wildman–Crippen MR) is 137 cm³/mol. The lowest BCUT2D eigenvalue weighted by molar-refractivity contribution is -0.113. The van der Waals surface area contributed by atoms with Crippen LogP contribution in [0.4, 0.5) is 5.69 Å². The van der Waals surface area contributed by atoms with Crippen LogP contribution >= 0.6 is 57.6 Å². The number of anilines is 1. The molecule has 0 aliphatic heterocycles. The molecule has 0 bridgehead atoms. The van der Waals surface area contributed by atoms with Gasteiger partial charge in [0, 0.05) is 21.9 Å². The molecule has 7 nitrogen and oxygen atoms in total. The summed E-state index contributed by atoms with van der Waals surface area (Å²) in [6.07, 6.45) is 0. The van der Waals surface area contributed by atoms with Crippen molar-refractivity contribution in [3.63, 3.8) is 0 Å². The molecule has 0 fully saturated rings. The molecule has 0 saturated carbocycles. The number of hydrogen-bond acceptors (Lipinski definition) is 5. The second-order valence-corrected chi connectivity index (χ2v) is 10.0. The molecule has 2 amide bonds. The van der Waals surface area contributed by atoms with Crippen LogP contribution in [-0.4, -0.2) is 32.3 Å². The van der Waals surface area contributed by atoms with E-state index in [0.29, 0.717) is 26.6 Å². The Balaban J connectivity index is 1.59. The SMILES string of the molecule is Cc1cc(I)ccc1NC(=O)CSc1nnc([C@@H](C)NC(=O)c2ccc(Cl)c(Cl)c2)n1C. The molecule has 0 unspecified atom stereocenters. The standard InChI is InChI=1S/C21H20Cl2IN5O2S/c1-11-8-14(24)5-7-17(11)26-18(30)10-32-21-28-27-19(29(21)3)12(2)25-20(31)13-4-6-15(22)16(23)9-13/h4-9,12H,10H2,1-3H3,(H,25,31)(H,26,30)/t12-/m1/s1. The van der Waals surface area contributed by atoms with Gasteiger partial charge in [0.1, 0.15) is 0 Å². The molecule has 2 aromatic carbocycles. The molecule has 0 spiro atoms. The van der Waals surface area contributed by atoms with Gasteiger partial charge in [0.05, 0.1) is 21.8 Å². The summed E-state index contributed by atoms with van der Waals surface area (Å²) in [5, 5.41) is 15.4. The van der Waals surface area contributed by atoms with Crippen molar-refractivity contribution in [3.8, 4) is 0 Å². The maximum atomic E-state index is 12.5. The normalized spacial score (nSPS) is 11.8. The third kappa shape index (κ3) is 6.15. The zero-order valence-corrected chi connectivity index (χ0v) is 21.9. The molecule has 0 saturated heterocycles. The number of rotatable bonds is 7. The minimum atomic E-state index is -0.410. The number of carbonyl (C=O) groups excluding carboxylic acids is 2. The quantitative estimate of drug-likeness (QED) is 0.284. The molecule has 0 radical (unpaired) electrons. The van der Waals surface area contributed by atoms with Crippen LogP contribution in [0.15, 0.2) is 41.6 Å². The maximum Gasteiger partial charge on any atom is 0.251 e. The van der Waals surface area contributed by atoms with E-state index in [1.165, 1.54) is 17.8 Å². The van der Waals surface area contributed by atoms with Crippen molar-refractivity contribution in [2.75, 3.05) is 11.1 Å². The van der Waals surface area contributed by atoms with Crippen molar-refractivity contribution in [2.24, 2.45) is 7.05 Å². The summed E-state index contributed by atoms with van der Waals surface area (Å²) in [7, 11) is 1.79. The third-order valence-corrected chi connectivity index (χ3v) is 7.01. The van der Waals surface area contributed by atoms with Crippen molar-refractivity contribution >= 4 is 75.1 Å². The van der Waals surface area contributed by atoms with E-state index >= 15 is 0 Å². The van der Waals surface area contributed by atoms with E-state index in [1.807, 2.05) is 25.1 Å². The van der Waals surface area contributed by atoms with Gasteiger partial charge in [-0.3, -0.25) is 9.59 Å². The van der Waals surface area contributed by atoms with E-state index in [2.05, 4.69) is 43.4 Å². The van der Waals surface area contributed by atoms with E-state index in [9.17, 15) is 9.59 Å². The van der Waals surface area contributed by atoms with Crippen LogP contribution in [0, 0.1) is 10.5 Å². The maximum absolute atomic E-state index is 12.5. The van der Waals surface area contributed by atoms with E-state index in [1.54, 1.807) is 30.7 Å². The molecule has 11 heteroatoms. The first kappa shape index (κ1) is 24.8. The van der Waals surface area contributed by atoms with Crippen molar-refractivity contribution < 1.29 is 9.59 Å². The van der Waals surface area contributed by atoms with Gasteiger partial charge in [0.2, 0.25) is 5.91 Å². The van der Waals surface area contributed by atoms with Crippen LogP contribution in [0.1, 0.15) is 34.7 Å². The Morgan fingerprint density at radius 2 is 1.91 bits per heavy atom. The fourth-order valence-corrected chi connectivity index (χ4v) is 4.56. The molecule has 2 N–H and O–H groups in total. The van der Waals surface area contributed by atoms with Gasteiger partial charge in [0.15, 0.2) is 11.0 Å². The highest BCUT2D eigenvalue weighted by molar-refractivity contribution is 14.1. The minimum absolute atomic E-state index is 0.134. The van der Waals surface area contributed by atoms with Crippen molar-refractivity contribution in [1.29, 1.82) is 0 Å². The highest BCUT2D eigenvalue weighted by Crippen LogP contribution is 2.24. The molecule has 1 aromatic heterocycles. The summed E-state index contributed by atoms with van der Waals surface area (Å²) in [6.45, 7) is 3.76. The Morgan fingerprint density at radius 1 is 1.16 bits per heavy atom. The topological polar surface area (TPSA) is 88.9 Å². The summed E-state index contributed by atoms with van der Waals surface area (Å²) in [4.78, 5) is 24.9. The van der Waals surface area contributed by atoms with Gasteiger partial charge < -0.3 is 15.2 Å². The predicted octanol–water partition coefficient (Wildman–Crippen LogP) is 5.26. The number of nitrogens with zero attached hydrogens (tertiary/aromatic N) is 3. The van der Waals surface area contributed by atoms with E-state index in [0.717, 1.165) is 14.8 Å². The first-order valence-electron chi connectivity index (χ1n) is 9.49. The lowest BCUT2D eigenvalue weighted by Gasteiger charge is -2.14. The largest absolute Gasteiger partial charge is 0.342 e. The van der Waals surface area contributed by atoms with Gasteiger partial charge in [0.25, 0.3) is 5.91 Å². The second-order valence-electron chi connectivity index (χ2n) is 7.02. The molecular formula is C21H20Cl2IN5O2S. The van der Waals surface area contributed by atoms with Crippen LogP contribution in [-0.2, 0) is 11.8 Å². The first-order valence-corrected chi connectivity index (χ1v) is 12.3. The Morgan fingerprint density at radius 3 is 2.59 bits per heavy atom. The second kappa shape index (κ2) is 10.9. The Labute approximate surface area is 213 Å². The van der Waals surface area contributed by atoms with Crippen LogP contribution in [0.3, 0.4) is 0 Å². The Kier molecular flexibility index (Phi) is 8.43. The molecule has 168 valence electrons. The number of aryl methyl sites for hydroxylation is 1. The van der Waals surface area contributed by atoms with Gasteiger partial charge in [-0.25, -0.2) is 0 Å². The van der Waals surface area contributed by atoms with Crippen LogP contribution in [0.25, 0.3) is 0 Å². The fraction of sp³-hybridized carbons (Fsp3) is 0.238. The smallest absolute Gasteiger partial charge is 0.251 e. The van der Waals surface area contributed by atoms with Crippen LogP contribution < -0.4 is 10.6 Å². The summed E-state index contributed by atoms with van der Waals surface area (Å²) < 4.78 is 2.87. The van der Waals surface area contributed by atoms with Crippen LogP contribution in [0.5, 0.6) is 0 Å². The highest BCUT2D eigenvalue weighted by atomic mass is 127. The number of amides is 2. The van der Waals surface area contributed by atoms with Crippen molar-refractivity contribution in [1.82, 2.24) is 20.1 Å². The number of carbonyl (C=O) groups is 2. The average molecular weight is 604 g/mol. The Hall–Kier alpha value is -1.82. The van der Waals surface area contributed by atoms with Gasteiger partial charge in [-0.15, -0.1) is 10.2 Å². The van der Waals surface area contributed by atoms with Crippen molar-refractivity contribution in [2.45, 2.75) is 25.0 Å². The summed E-state index contributed by atoms with van der Waals surface area (Å²) in [5.41, 5.74) is 2.18. The summed E-state index contributed by atoms with van der Waals surface area (Å²) >= 11 is 15.4. The average Bonchev–Trinajstić information content (AvgIpc) is 3.11. The van der Waals surface area contributed by atoms with Gasteiger partial charge in [-0.2, -0.15) is 0 Å². The number of benzene rings is 2. The number of halogens is 3. The van der Waals surface area contributed by atoms with Gasteiger partial charge >= 0.3 is 0 Å². The van der Waals surface area contributed by atoms with Crippen molar-refractivity contribution in [3.05, 3.63) is 67.0 Å². The number of hydrogen-bond donors (Lipinski definition) is 2. The van der Waals surface area contributed by atoms with Crippen LogP contribution in [0.2, 0.25) is 10.0 Å². The zero-order chi connectivity index (χ0) is 23.4. The summed E-state index contributed by atoms with van der Waals surface area (Å²) in [6, 6.07) is 10.1. The molecule has 1 heterocycles. The highest BCUT2D eigenvalue weighted by Gasteiger charge is 2.19. The lowest BCUT2D eigenvalue weighted by atomic mass is 10.2. The fourth-order valence-electron chi connectivity index (χ4n) is 2.89. The molecule has 0 aliphatic carbocycles. The van der Waals surface area contributed by atoms with E-state index in [4.69, 9.17) is 23.2 Å². The molecule has 1 atom stereocenters. The van der Waals surface area contributed by atoms with Gasteiger partial charge in [-0.05, 0) is 78.4 Å². The number of thioether (sulfide) groups is 1. The minimum Gasteiger partial charge on any atom is -0.342 e. The molecular weight excluding hydrogens is 584 g/mol. The molecule has 0 aliphatic rings. The molecule has 32 heavy (non-hydrogen) atoms. The van der Waals surface area contributed by atoms with Gasteiger partial charge in [-0.1, -0.05) is 35.0 Å². The Bertz CT molecular complexity index is 1170. The van der Waals surface area contributed by atoms with E-state index < -0.39 is 6.04 Å². The molecule has 3 aromatic rings.